The predicted octanol–water partition coefficient (Wildman–Crippen LogP) is 3.99. The molecular formula is C18H20ClNO2. The van der Waals surface area contributed by atoms with Crippen LogP contribution in [0.25, 0.3) is 0 Å². The summed E-state index contributed by atoms with van der Waals surface area (Å²) in [5.74, 6) is 0.625. The summed E-state index contributed by atoms with van der Waals surface area (Å²) in [6.45, 7) is 4.27. The minimum absolute atomic E-state index is 0.138. The Labute approximate surface area is 136 Å². The Balaban J connectivity index is 1.90. The lowest BCUT2D eigenvalue weighted by atomic mass is 10.1. The van der Waals surface area contributed by atoms with Crippen LogP contribution in [0.1, 0.15) is 25.0 Å². The third-order valence-electron chi connectivity index (χ3n) is 3.41. The van der Waals surface area contributed by atoms with E-state index in [0.29, 0.717) is 11.6 Å². The minimum Gasteiger partial charge on any atom is -0.481 e. The van der Waals surface area contributed by atoms with E-state index in [4.69, 9.17) is 16.3 Å². The topological polar surface area (TPSA) is 38.3 Å². The number of benzene rings is 2. The fourth-order valence-corrected chi connectivity index (χ4v) is 2.22. The number of aryl methyl sites for hydroxylation is 1. The van der Waals surface area contributed by atoms with Crippen molar-refractivity contribution in [2.24, 2.45) is 0 Å². The molecule has 0 heterocycles. The van der Waals surface area contributed by atoms with Crippen LogP contribution in [0, 0.1) is 0 Å². The van der Waals surface area contributed by atoms with Crippen molar-refractivity contribution in [3.63, 3.8) is 0 Å². The fraction of sp³-hybridized carbons (Fsp3) is 0.278. The van der Waals surface area contributed by atoms with Crippen LogP contribution in [-0.4, -0.2) is 12.0 Å². The van der Waals surface area contributed by atoms with E-state index >= 15 is 0 Å². The molecule has 0 saturated carbocycles. The zero-order valence-corrected chi connectivity index (χ0v) is 13.6. The van der Waals surface area contributed by atoms with Gasteiger partial charge in [-0.25, -0.2) is 0 Å². The first-order chi connectivity index (χ1) is 10.6. The molecule has 4 heteroatoms. The molecule has 0 unspecified atom stereocenters. The molecule has 0 aromatic heterocycles. The number of rotatable bonds is 6. The Morgan fingerprint density at radius 1 is 1.18 bits per heavy atom. The van der Waals surface area contributed by atoms with Gasteiger partial charge < -0.3 is 10.1 Å². The van der Waals surface area contributed by atoms with E-state index in [1.807, 2.05) is 36.4 Å². The lowest BCUT2D eigenvalue weighted by Crippen LogP contribution is -2.36. The number of ether oxygens (including phenoxy) is 1. The van der Waals surface area contributed by atoms with Gasteiger partial charge in [-0.2, -0.15) is 0 Å². The van der Waals surface area contributed by atoms with Gasteiger partial charge in [0.2, 0.25) is 0 Å². The third-order valence-corrected chi connectivity index (χ3v) is 3.66. The summed E-state index contributed by atoms with van der Waals surface area (Å²) in [6, 6.07) is 15.2. The summed E-state index contributed by atoms with van der Waals surface area (Å²) in [7, 11) is 0. The molecule has 2 aromatic rings. The summed E-state index contributed by atoms with van der Waals surface area (Å²) in [5, 5.41) is 3.55. The van der Waals surface area contributed by atoms with Crippen molar-refractivity contribution in [2.45, 2.75) is 32.9 Å². The zero-order valence-electron chi connectivity index (χ0n) is 12.8. The van der Waals surface area contributed by atoms with Gasteiger partial charge in [0.05, 0.1) is 0 Å². The summed E-state index contributed by atoms with van der Waals surface area (Å²) < 4.78 is 5.77. The lowest BCUT2D eigenvalue weighted by Gasteiger charge is -2.17. The number of carbonyl (C=O) groups is 1. The van der Waals surface area contributed by atoms with Gasteiger partial charge in [-0.05, 0) is 42.7 Å². The molecule has 0 bridgehead atoms. The van der Waals surface area contributed by atoms with E-state index in [9.17, 15) is 4.79 Å². The first kappa shape index (κ1) is 16.4. The van der Waals surface area contributed by atoms with E-state index in [-0.39, 0.29) is 5.91 Å². The number of nitrogens with one attached hydrogen (secondary N) is 1. The average Bonchev–Trinajstić information content (AvgIpc) is 2.54. The molecule has 116 valence electrons. The molecule has 0 fully saturated rings. The van der Waals surface area contributed by atoms with E-state index in [1.165, 1.54) is 0 Å². The second-order valence-electron chi connectivity index (χ2n) is 5.07. The van der Waals surface area contributed by atoms with Gasteiger partial charge in [0.25, 0.3) is 5.91 Å². The van der Waals surface area contributed by atoms with E-state index in [0.717, 1.165) is 23.3 Å². The van der Waals surface area contributed by atoms with Gasteiger partial charge in [0.1, 0.15) is 5.75 Å². The molecule has 0 aliphatic carbocycles. The maximum absolute atomic E-state index is 12.1. The van der Waals surface area contributed by atoms with Crippen LogP contribution in [0.4, 0.5) is 0 Å². The monoisotopic (exact) mass is 317 g/mol. The summed E-state index contributed by atoms with van der Waals surface area (Å²) in [5.41, 5.74) is 2.10. The molecular weight excluding hydrogens is 298 g/mol. The molecule has 0 saturated heterocycles. The lowest BCUT2D eigenvalue weighted by molar-refractivity contribution is -0.127. The maximum atomic E-state index is 12.1. The Morgan fingerprint density at radius 2 is 1.86 bits per heavy atom. The van der Waals surface area contributed by atoms with Crippen LogP contribution < -0.4 is 10.1 Å². The average molecular weight is 318 g/mol. The van der Waals surface area contributed by atoms with Gasteiger partial charge in [0.15, 0.2) is 6.10 Å². The SMILES string of the molecule is CCc1ccccc1O[C@@H](C)C(=O)NCc1ccc(Cl)cc1. The molecule has 0 radical (unpaired) electrons. The van der Waals surface area contributed by atoms with Crippen molar-refractivity contribution < 1.29 is 9.53 Å². The highest BCUT2D eigenvalue weighted by Gasteiger charge is 2.15. The zero-order chi connectivity index (χ0) is 15.9. The second kappa shape index (κ2) is 7.85. The normalized spacial score (nSPS) is 11.8. The molecule has 2 aromatic carbocycles. The maximum Gasteiger partial charge on any atom is 0.261 e. The van der Waals surface area contributed by atoms with E-state index in [1.54, 1.807) is 19.1 Å². The fourth-order valence-electron chi connectivity index (χ4n) is 2.09. The van der Waals surface area contributed by atoms with Crippen LogP contribution in [0.2, 0.25) is 5.02 Å². The Kier molecular flexibility index (Phi) is 5.84. The Morgan fingerprint density at radius 3 is 2.55 bits per heavy atom. The molecule has 3 nitrogen and oxygen atoms in total. The molecule has 2 rings (SSSR count). The highest BCUT2D eigenvalue weighted by atomic mass is 35.5. The number of hydrogen-bond donors (Lipinski definition) is 1. The van der Waals surface area contributed by atoms with E-state index < -0.39 is 6.10 Å². The Bertz CT molecular complexity index is 625. The van der Waals surface area contributed by atoms with Gasteiger partial charge in [-0.3, -0.25) is 4.79 Å². The van der Waals surface area contributed by atoms with Crippen molar-refractivity contribution in [1.29, 1.82) is 0 Å². The van der Waals surface area contributed by atoms with Crippen molar-refractivity contribution >= 4 is 17.5 Å². The van der Waals surface area contributed by atoms with Crippen LogP contribution in [0.3, 0.4) is 0 Å². The number of halogens is 1. The molecule has 0 aliphatic rings. The number of amides is 1. The quantitative estimate of drug-likeness (QED) is 0.875. The molecule has 1 atom stereocenters. The molecule has 1 amide bonds. The summed E-state index contributed by atoms with van der Waals surface area (Å²) in [6.07, 6.45) is 0.329. The third kappa shape index (κ3) is 4.50. The largest absolute Gasteiger partial charge is 0.481 e. The summed E-state index contributed by atoms with van der Waals surface area (Å²) in [4.78, 5) is 12.1. The Hall–Kier alpha value is -2.00. The van der Waals surface area contributed by atoms with Crippen LogP contribution in [-0.2, 0) is 17.8 Å². The van der Waals surface area contributed by atoms with Crippen LogP contribution in [0.5, 0.6) is 5.75 Å². The molecule has 1 N–H and O–H groups in total. The summed E-state index contributed by atoms with van der Waals surface area (Å²) >= 11 is 5.84. The molecule has 22 heavy (non-hydrogen) atoms. The van der Waals surface area contributed by atoms with Crippen molar-refractivity contribution in [2.75, 3.05) is 0 Å². The number of carbonyl (C=O) groups excluding carboxylic acids is 1. The number of hydrogen-bond acceptors (Lipinski definition) is 2. The molecule has 0 spiro atoms. The van der Waals surface area contributed by atoms with Crippen LogP contribution in [0.15, 0.2) is 48.5 Å². The highest BCUT2D eigenvalue weighted by molar-refractivity contribution is 6.30. The van der Waals surface area contributed by atoms with Gasteiger partial charge in [0, 0.05) is 11.6 Å². The first-order valence-corrected chi connectivity index (χ1v) is 7.74. The first-order valence-electron chi connectivity index (χ1n) is 7.37. The molecule has 0 aliphatic heterocycles. The van der Waals surface area contributed by atoms with Crippen molar-refractivity contribution in [3.05, 3.63) is 64.7 Å². The van der Waals surface area contributed by atoms with Crippen molar-refractivity contribution in [3.8, 4) is 5.75 Å². The number of para-hydroxylation sites is 1. The van der Waals surface area contributed by atoms with Gasteiger partial charge >= 0.3 is 0 Å². The van der Waals surface area contributed by atoms with Gasteiger partial charge in [-0.1, -0.05) is 48.9 Å². The standard InChI is InChI=1S/C18H20ClNO2/c1-3-15-6-4-5-7-17(15)22-13(2)18(21)20-12-14-8-10-16(19)11-9-14/h4-11,13H,3,12H2,1-2H3,(H,20,21)/t13-/m0/s1. The highest BCUT2D eigenvalue weighted by Crippen LogP contribution is 2.19. The van der Waals surface area contributed by atoms with E-state index in [2.05, 4.69) is 12.2 Å². The van der Waals surface area contributed by atoms with Crippen molar-refractivity contribution in [1.82, 2.24) is 5.32 Å². The minimum atomic E-state index is -0.542. The van der Waals surface area contributed by atoms with Gasteiger partial charge in [-0.15, -0.1) is 0 Å². The van der Waals surface area contributed by atoms with Crippen LogP contribution >= 0.6 is 11.6 Å². The second-order valence-corrected chi connectivity index (χ2v) is 5.50. The predicted molar refractivity (Wildman–Crippen MR) is 89.2 cm³/mol. The smallest absolute Gasteiger partial charge is 0.261 e.